The quantitative estimate of drug-likeness (QED) is 0.712. The lowest BCUT2D eigenvalue weighted by molar-refractivity contribution is 0.0672. The lowest BCUT2D eigenvalue weighted by atomic mass is 10.1. The molecule has 3 aromatic rings. The lowest BCUT2D eigenvalue weighted by Gasteiger charge is -2.22. The van der Waals surface area contributed by atoms with Gasteiger partial charge in [-0.1, -0.05) is 12.1 Å². The van der Waals surface area contributed by atoms with Crippen LogP contribution in [0.2, 0.25) is 0 Å². The van der Waals surface area contributed by atoms with Crippen molar-refractivity contribution in [1.29, 1.82) is 0 Å². The fourth-order valence-electron chi connectivity index (χ4n) is 3.64. The molecule has 3 heterocycles. The predicted octanol–water partition coefficient (Wildman–Crippen LogP) is 2.98. The minimum atomic E-state index is -0.321. The van der Waals surface area contributed by atoms with E-state index in [4.69, 9.17) is 0 Å². The minimum absolute atomic E-state index is 0.0384. The number of aliphatic hydroxyl groups excluding tert-OH is 1. The molecule has 0 bridgehead atoms. The molecule has 1 unspecified atom stereocenters. The highest BCUT2D eigenvalue weighted by Crippen LogP contribution is 2.21. The van der Waals surface area contributed by atoms with Crippen LogP contribution in [0.25, 0.3) is 10.9 Å². The smallest absolute Gasteiger partial charge is 0.272 e. The van der Waals surface area contributed by atoms with Gasteiger partial charge in [-0.2, -0.15) is 0 Å². The van der Waals surface area contributed by atoms with Crippen molar-refractivity contribution in [2.75, 3.05) is 18.5 Å². The number of hydrogen-bond donors (Lipinski definition) is 2. The summed E-state index contributed by atoms with van der Waals surface area (Å²) in [6.07, 6.45) is 3.36. The summed E-state index contributed by atoms with van der Waals surface area (Å²) in [4.78, 5) is 23.1. The summed E-state index contributed by atoms with van der Waals surface area (Å²) in [7, 11) is 0. The average Bonchev–Trinajstić information content (AvgIpc) is 3.20. The summed E-state index contributed by atoms with van der Waals surface area (Å²) in [6.45, 7) is 0.923. The van der Waals surface area contributed by atoms with E-state index in [0.717, 1.165) is 23.7 Å². The van der Waals surface area contributed by atoms with Crippen LogP contribution in [0, 0.1) is 5.82 Å². The van der Waals surface area contributed by atoms with Crippen LogP contribution < -0.4 is 5.32 Å². The first kappa shape index (κ1) is 18.3. The molecule has 2 N–H and O–H groups in total. The number of anilines is 1. The van der Waals surface area contributed by atoms with Gasteiger partial charge >= 0.3 is 0 Å². The lowest BCUT2D eigenvalue weighted by Crippen LogP contribution is -2.38. The van der Waals surface area contributed by atoms with E-state index in [0.29, 0.717) is 30.2 Å². The van der Waals surface area contributed by atoms with Gasteiger partial charge in [0.2, 0.25) is 0 Å². The van der Waals surface area contributed by atoms with E-state index < -0.39 is 0 Å². The van der Waals surface area contributed by atoms with Gasteiger partial charge in [-0.3, -0.25) is 9.78 Å². The maximum Gasteiger partial charge on any atom is 0.272 e. The number of carbonyl (C=O) groups excluding carboxylic acids is 1. The molecule has 2 aromatic heterocycles. The Hall–Kier alpha value is -3.06. The van der Waals surface area contributed by atoms with Gasteiger partial charge in [-0.15, -0.1) is 0 Å². The molecule has 1 aliphatic rings. The Morgan fingerprint density at radius 2 is 2.18 bits per heavy atom. The van der Waals surface area contributed by atoms with Crippen LogP contribution in [-0.4, -0.2) is 45.1 Å². The highest BCUT2D eigenvalue weighted by atomic mass is 19.1. The van der Waals surface area contributed by atoms with E-state index >= 15 is 0 Å². The average molecular weight is 380 g/mol. The number of benzene rings is 1. The van der Waals surface area contributed by atoms with E-state index in [-0.39, 0.29) is 24.4 Å². The largest absolute Gasteiger partial charge is 0.394 e. The zero-order chi connectivity index (χ0) is 19.5. The highest BCUT2D eigenvalue weighted by Gasteiger charge is 2.29. The molecule has 1 amide bonds. The third-order valence-electron chi connectivity index (χ3n) is 5.03. The van der Waals surface area contributed by atoms with Gasteiger partial charge in [0.25, 0.3) is 5.91 Å². The molecule has 7 heteroatoms. The Morgan fingerprint density at radius 3 is 3.04 bits per heavy atom. The normalized spacial score (nSPS) is 16.5. The van der Waals surface area contributed by atoms with E-state index in [1.54, 1.807) is 35.4 Å². The molecule has 28 heavy (non-hydrogen) atoms. The van der Waals surface area contributed by atoms with E-state index in [2.05, 4.69) is 15.3 Å². The number of hydrogen-bond acceptors (Lipinski definition) is 5. The zero-order valence-corrected chi connectivity index (χ0v) is 15.3. The Labute approximate surface area is 162 Å². The Bertz CT molecular complexity index is 1010. The second-order valence-corrected chi connectivity index (χ2v) is 6.88. The second kappa shape index (κ2) is 7.90. The Kier molecular flexibility index (Phi) is 5.16. The highest BCUT2D eigenvalue weighted by molar-refractivity contribution is 5.93. The van der Waals surface area contributed by atoms with Gasteiger partial charge in [0.05, 0.1) is 18.2 Å². The summed E-state index contributed by atoms with van der Waals surface area (Å²) in [6, 6.07) is 11.5. The molecule has 1 aromatic carbocycles. The first-order valence-corrected chi connectivity index (χ1v) is 9.31. The van der Waals surface area contributed by atoms with Crippen molar-refractivity contribution >= 4 is 22.6 Å². The maximum absolute atomic E-state index is 13.9. The van der Waals surface area contributed by atoms with Gasteiger partial charge in [-0.05, 0) is 43.2 Å². The molecular weight excluding hydrogens is 359 g/mol. The van der Waals surface area contributed by atoms with E-state index in [1.807, 2.05) is 6.07 Å². The minimum Gasteiger partial charge on any atom is -0.394 e. The molecule has 4 rings (SSSR count). The number of nitrogens with one attached hydrogen (secondary N) is 1. The van der Waals surface area contributed by atoms with Crippen LogP contribution >= 0.6 is 0 Å². The molecule has 144 valence electrons. The van der Waals surface area contributed by atoms with Crippen LogP contribution in [0.1, 0.15) is 28.9 Å². The van der Waals surface area contributed by atoms with Crippen LogP contribution in [0.15, 0.2) is 48.7 Å². The third kappa shape index (κ3) is 3.66. The van der Waals surface area contributed by atoms with Crippen molar-refractivity contribution < 1.29 is 14.3 Å². The van der Waals surface area contributed by atoms with E-state index in [1.165, 1.54) is 12.1 Å². The molecule has 0 aliphatic carbocycles. The van der Waals surface area contributed by atoms with Gasteiger partial charge < -0.3 is 15.3 Å². The molecule has 1 atom stereocenters. The van der Waals surface area contributed by atoms with Crippen molar-refractivity contribution in [3.63, 3.8) is 0 Å². The van der Waals surface area contributed by atoms with E-state index in [9.17, 15) is 14.3 Å². The first-order valence-electron chi connectivity index (χ1n) is 9.31. The molecule has 6 nitrogen and oxygen atoms in total. The SMILES string of the molecule is O=C(c1cccc(NCc2cc(F)cc3cccnc23)n1)N1CCCC1CO. The first-order chi connectivity index (χ1) is 13.7. The van der Waals surface area contributed by atoms with Crippen LogP contribution in [0.5, 0.6) is 0 Å². The molecule has 0 spiro atoms. The number of amides is 1. The number of carbonyl (C=O) groups is 1. The number of fused-ring (bicyclic) bond motifs is 1. The molecule has 1 saturated heterocycles. The number of pyridine rings is 2. The maximum atomic E-state index is 13.9. The zero-order valence-electron chi connectivity index (χ0n) is 15.3. The van der Waals surface area contributed by atoms with Gasteiger partial charge in [0.1, 0.15) is 17.3 Å². The van der Waals surface area contributed by atoms with Crippen molar-refractivity contribution in [3.05, 3.63) is 65.7 Å². The van der Waals surface area contributed by atoms with Gasteiger partial charge in [-0.25, -0.2) is 9.37 Å². The van der Waals surface area contributed by atoms with Crippen molar-refractivity contribution in [2.45, 2.75) is 25.4 Å². The monoisotopic (exact) mass is 380 g/mol. The van der Waals surface area contributed by atoms with Crippen LogP contribution in [-0.2, 0) is 6.54 Å². The number of rotatable bonds is 5. The molecular formula is C21H21FN4O2. The van der Waals surface area contributed by atoms with Crippen molar-refractivity contribution in [1.82, 2.24) is 14.9 Å². The number of likely N-dealkylation sites (tertiary alicyclic amines) is 1. The number of aromatic nitrogens is 2. The third-order valence-corrected chi connectivity index (χ3v) is 5.03. The number of halogens is 1. The predicted molar refractivity (Wildman–Crippen MR) is 104 cm³/mol. The number of aliphatic hydroxyl groups is 1. The second-order valence-electron chi connectivity index (χ2n) is 6.88. The molecule has 0 radical (unpaired) electrons. The summed E-state index contributed by atoms with van der Waals surface area (Å²) >= 11 is 0. The summed E-state index contributed by atoms with van der Waals surface area (Å²) in [5, 5.41) is 13.3. The van der Waals surface area contributed by atoms with Gasteiger partial charge in [0.15, 0.2) is 0 Å². The standard InChI is InChI=1S/C21H21FN4O2/c22-16-10-14-4-2-8-23-20(14)15(11-16)12-24-19-7-1-6-18(25-19)21(28)26-9-3-5-17(26)13-27/h1-2,4,6-8,10-11,17,27H,3,5,9,12-13H2,(H,24,25). The van der Waals surface area contributed by atoms with Crippen molar-refractivity contribution in [2.24, 2.45) is 0 Å². The fraction of sp³-hybridized carbons (Fsp3) is 0.286. The fourth-order valence-corrected chi connectivity index (χ4v) is 3.64. The molecule has 0 saturated carbocycles. The van der Waals surface area contributed by atoms with Gasteiger partial charge in [0, 0.05) is 30.2 Å². The van der Waals surface area contributed by atoms with Crippen LogP contribution in [0.3, 0.4) is 0 Å². The molecule has 1 aliphatic heterocycles. The summed E-state index contributed by atoms with van der Waals surface area (Å²) < 4.78 is 13.9. The Balaban J connectivity index is 1.53. The Morgan fingerprint density at radius 1 is 1.29 bits per heavy atom. The topological polar surface area (TPSA) is 78.4 Å². The summed E-state index contributed by atoms with van der Waals surface area (Å²) in [5.41, 5.74) is 1.77. The summed E-state index contributed by atoms with van der Waals surface area (Å²) in [5.74, 6) is 0.0234. The van der Waals surface area contributed by atoms with Crippen molar-refractivity contribution in [3.8, 4) is 0 Å². The number of nitrogens with zero attached hydrogens (tertiary/aromatic N) is 3. The molecule has 1 fully saturated rings. The van der Waals surface area contributed by atoms with Crippen LogP contribution in [0.4, 0.5) is 10.2 Å².